The zero-order valence-electron chi connectivity index (χ0n) is 19.6. The lowest BCUT2D eigenvalue weighted by Gasteiger charge is -2.10. The Morgan fingerprint density at radius 1 is 1.09 bits per heavy atom. The zero-order valence-corrected chi connectivity index (χ0v) is 20.4. The van der Waals surface area contributed by atoms with Gasteiger partial charge in [0.05, 0.1) is 32.1 Å². The number of benzene rings is 2. The zero-order chi connectivity index (χ0) is 25.5. The first-order valence-electron chi connectivity index (χ1n) is 10.4. The number of hydrogen-bond donors (Lipinski definition) is 3. The molecule has 0 saturated heterocycles. The van der Waals surface area contributed by atoms with Gasteiger partial charge in [-0.25, -0.2) is 4.79 Å². The van der Waals surface area contributed by atoms with Crippen molar-refractivity contribution in [2.75, 3.05) is 25.3 Å². The van der Waals surface area contributed by atoms with E-state index in [2.05, 4.69) is 20.8 Å². The minimum absolute atomic E-state index is 0.0424. The van der Waals surface area contributed by atoms with Crippen molar-refractivity contribution in [3.63, 3.8) is 0 Å². The predicted molar refractivity (Wildman–Crippen MR) is 129 cm³/mol. The van der Waals surface area contributed by atoms with Crippen molar-refractivity contribution >= 4 is 35.2 Å². The van der Waals surface area contributed by atoms with Crippen molar-refractivity contribution in [3.05, 3.63) is 58.9 Å². The summed E-state index contributed by atoms with van der Waals surface area (Å²) in [5.41, 5.74) is 1.44. The van der Waals surface area contributed by atoms with E-state index >= 15 is 0 Å². The van der Waals surface area contributed by atoms with E-state index in [1.165, 1.54) is 32.0 Å². The van der Waals surface area contributed by atoms with Crippen molar-refractivity contribution in [3.8, 4) is 11.5 Å². The number of amides is 2. The fourth-order valence-electron chi connectivity index (χ4n) is 3.18. The molecule has 2 amide bonds. The van der Waals surface area contributed by atoms with Gasteiger partial charge in [0.1, 0.15) is 0 Å². The van der Waals surface area contributed by atoms with Crippen LogP contribution in [0.1, 0.15) is 32.1 Å². The van der Waals surface area contributed by atoms with Crippen LogP contribution in [0.2, 0.25) is 0 Å². The molecule has 0 spiro atoms. The summed E-state index contributed by atoms with van der Waals surface area (Å²) in [6, 6.07) is 9.55. The number of nitrogens with one attached hydrogen (secondary N) is 2. The number of carbonyl (C=O) groups is 3. The topological polar surface area (TPSA) is 145 Å². The largest absolute Gasteiger partial charge is 0.493 e. The van der Waals surface area contributed by atoms with Crippen molar-refractivity contribution in [2.24, 2.45) is 7.05 Å². The number of carboxylic acid groups (broad SMARTS) is 1. The van der Waals surface area contributed by atoms with Gasteiger partial charge in [-0.05, 0) is 42.8 Å². The van der Waals surface area contributed by atoms with Crippen LogP contribution < -0.4 is 20.1 Å². The number of rotatable bonds is 10. The van der Waals surface area contributed by atoms with Crippen LogP contribution in [0.25, 0.3) is 0 Å². The van der Waals surface area contributed by atoms with E-state index in [0.717, 1.165) is 0 Å². The Morgan fingerprint density at radius 2 is 1.83 bits per heavy atom. The molecular weight excluding hydrogens is 474 g/mol. The lowest BCUT2D eigenvalue weighted by Crippen LogP contribution is -2.24. The number of thioether (sulfide) groups is 1. The van der Waals surface area contributed by atoms with Crippen LogP contribution in [0.4, 0.5) is 5.69 Å². The lowest BCUT2D eigenvalue weighted by atomic mass is 10.1. The smallest absolute Gasteiger partial charge is 0.336 e. The summed E-state index contributed by atoms with van der Waals surface area (Å²) >= 11 is 1.17. The van der Waals surface area contributed by atoms with Crippen LogP contribution in [0.15, 0.2) is 41.6 Å². The molecule has 0 aliphatic rings. The molecule has 0 radical (unpaired) electrons. The van der Waals surface area contributed by atoms with E-state index in [4.69, 9.17) is 9.47 Å². The molecule has 3 aromatic rings. The maximum atomic E-state index is 12.5. The second-order valence-electron chi connectivity index (χ2n) is 7.33. The predicted octanol–water partition coefficient (Wildman–Crippen LogP) is 2.50. The monoisotopic (exact) mass is 499 g/mol. The Morgan fingerprint density at radius 3 is 2.51 bits per heavy atom. The average molecular weight is 500 g/mol. The summed E-state index contributed by atoms with van der Waals surface area (Å²) in [6.07, 6.45) is 0. The van der Waals surface area contributed by atoms with Gasteiger partial charge in [0.25, 0.3) is 5.91 Å². The number of anilines is 1. The molecule has 2 aromatic carbocycles. The molecule has 3 rings (SSSR count). The van der Waals surface area contributed by atoms with Gasteiger partial charge in [0.15, 0.2) is 22.5 Å². The molecule has 0 aliphatic heterocycles. The molecule has 3 N–H and O–H groups in total. The quantitative estimate of drug-likeness (QED) is 0.358. The Bertz CT molecular complexity index is 1260. The minimum atomic E-state index is -1.06. The van der Waals surface area contributed by atoms with Gasteiger partial charge in [-0.2, -0.15) is 0 Å². The molecule has 0 fully saturated rings. The van der Waals surface area contributed by atoms with Crippen molar-refractivity contribution in [2.45, 2.75) is 18.6 Å². The highest BCUT2D eigenvalue weighted by Gasteiger charge is 2.16. The van der Waals surface area contributed by atoms with Crippen LogP contribution in [-0.4, -0.2) is 57.6 Å². The molecule has 1 heterocycles. The molecule has 0 atom stereocenters. The summed E-state index contributed by atoms with van der Waals surface area (Å²) in [5.74, 6) is -0.174. The SMILES string of the molecule is COc1ccc(C(=O)NCc2nnc(SCC(=O)Nc3cccc(C(=O)O)c3C)n2C)cc1OC. The molecule has 12 heteroatoms. The van der Waals surface area contributed by atoms with Gasteiger partial charge in [-0.1, -0.05) is 17.8 Å². The number of ether oxygens (including phenoxy) is 2. The van der Waals surface area contributed by atoms with E-state index in [1.807, 2.05) is 0 Å². The summed E-state index contributed by atoms with van der Waals surface area (Å²) in [7, 11) is 4.74. The Kier molecular flexibility index (Phi) is 8.31. The molecule has 0 saturated carbocycles. The standard InChI is InChI=1S/C23H25N5O6S/c1-13-15(22(31)32)6-5-7-16(13)25-20(29)12-35-23-27-26-19(28(23)2)11-24-21(30)14-8-9-17(33-3)18(10-14)34-4/h5-10H,11-12H2,1-4H3,(H,24,30)(H,25,29)(H,31,32). The van der Waals surface area contributed by atoms with Gasteiger partial charge in [0, 0.05) is 18.3 Å². The highest BCUT2D eigenvalue weighted by molar-refractivity contribution is 7.99. The van der Waals surface area contributed by atoms with E-state index < -0.39 is 5.97 Å². The maximum absolute atomic E-state index is 12.5. The molecule has 0 aliphatic carbocycles. The third-order valence-corrected chi connectivity index (χ3v) is 6.17. The molecule has 11 nitrogen and oxygen atoms in total. The average Bonchev–Trinajstić information content (AvgIpc) is 3.20. The number of aromatic carboxylic acids is 1. The highest BCUT2D eigenvalue weighted by atomic mass is 32.2. The van der Waals surface area contributed by atoms with Crippen LogP contribution in [0.5, 0.6) is 11.5 Å². The molecular formula is C23H25N5O6S. The van der Waals surface area contributed by atoms with E-state index in [9.17, 15) is 19.5 Å². The lowest BCUT2D eigenvalue weighted by molar-refractivity contribution is -0.113. The molecule has 0 unspecified atom stereocenters. The van der Waals surface area contributed by atoms with Gasteiger partial charge < -0.3 is 29.8 Å². The number of hydrogen-bond acceptors (Lipinski definition) is 8. The fraction of sp³-hybridized carbons (Fsp3) is 0.261. The third-order valence-electron chi connectivity index (χ3n) is 5.15. The normalized spacial score (nSPS) is 10.5. The third kappa shape index (κ3) is 6.09. The van der Waals surface area contributed by atoms with Crippen molar-refractivity contribution < 1.29 is 29.0 Å². The Balaban J connectivity index is 1.57. The van der Waals surface area contributed by atoms with E-state index in [0.29, 0.717) is 39.3 Å². The van der Waals surface area contributed by atoms with E-state index in [1.54, 1.807) is 48.9 Å². The fourth-order valence-corrected chi connectivity index (χ4v) is 3.91. The van der Waals surface area contributed by atoms with E-state index in [-0.39, 0.29) is 29.7 Å². The first kappa shape index (κ1) is 25.6. The van der Waals surface area contributed by atoms with Crippen molar-refractivity contribution in [1.82, 2.24) is 20.1 Å². The van der Waals surface area contributed by atoms with Gasteiger partial charge >= 0.3 is 5.97 Å². The summed E-state index contributed by atoms with van der Waals surface area (Å²) in [6.45, 7) is 1.77. The van der Waals surface area contributed by atoms with Crippen LogP contribution in [0, 0.1) is 6.92 Å². The van der Waals surface area contributed by atoms with Gasteiger partial charge in [-0.15, -0.1) is 10.2 Å². The Hall–Kier alpha value is -4.06. The highest BCUT2D eigenvalue weighted by Crippen LogP contribution is 2.27. The first-order chi connectivity index (χ1) is 16.7. The molecule has 184 valence electrons. The summed E-state index contributed by atoms with van der Waals surface area (Å²) in [4.78, 5) is 36.2. The molecule has 1 aromatic heterocycles. The maximum Gasteiger partial charge on any atom is 0.336 e. The minimum Gasteiger partial charge on any atom is -0.493 e. The summed E-state index contributed by atoms with van der Waals surface area (Å²) < 4.78 is 12.1. The summed E-state index contributed by atoms with van der Waals surface area (Å²) in [5, 5.41) is 23.4. The van der Waals surface area contributed by atoms with Crippen LogP contribution in [0.3, 0.4) is 0 Å². The number of methoxy groups -OCH3 is 2. The van der Waals surface area contributed by atoms with Gasteiger partial charge in [0.2, 0.25) is 5.91 Å². The first-order valence-corrected chi connectivity index (χ1v) is 11.4. The van der Waals surface area contributed by atoms with Crippen LogP contribution in [-0.2, 0) is 18.4 Å². The Labute approximate surface area is 205 Å². The van der Waals surface area contributed by atoms with Crippen LogP contribution >= 0.6 is 11.8 Å². The second-order valence-corrected chi connectivity index (χ2v) is 8.27. The molecule has 35 heavy (non-hydrogen) atoms. The number of carboxylic acids is 1. The molecule has 0 bridgehead atoms. The van der Waals surface area contributed by atoms with Gasteiger partial charge in [-0.3, -0.25) is 9.59 Å². The second kappa shape index (κ2) is 11.4. The number of nitrogens with zero attached hydrogens (tertiary/aromatic N) is 3. The number of aromatic nitrogens is 3. The van der Waals surface area contributed by atoms with Crippen molar-refractivity contribution in [1.29, 1.82) is 0 Å². The number of carbonyl (C=O) groups excluding carboxylic acids is 2.